The molecule has 0 saturated heterocycles. The van der Waals surface area contributed by atoms with Crippen molar-refractivity contribution in [3.05, 3.63) is 48.5 Å². The van der Waals surface area contributed by atoms with E-state index in [-0.39, 0.29) is 30.9 Å². The molecule has 1 aromatic heterocycles. The minimum absolute atomic E-state index is 0. The first-order chi connectivity index (χ1) is 6.77. The fourth-order valence-electron chi connectivity index (χ4n) is 1.36. The molecule has 0 spiro atoms. The van der Waals surface area contributed by atoms with E-state index in [0.29, 0.717) is 0 Å². The van der Waals surface area contributed by atoms with Crippen LogP contribution in [0.4, 0.5) is 0 Å². The van der Waals surface area contributed by atoms with Crippen LogP contribution < -0.4 is 5.73 Å². The Hall–Kier alpha value is -1.03. The van der Waals surface area contributed by atoms with E-state index in [1.165, 1.54) is 0 Å². The topological polar surface area (TPSA) is 43.8 Å². The van der Waals surface area contributed by atoms with Crippen molar-refractivity contribution in [2.75, 3.05) is 0 Å². The molecule has 0 aliphatic carbocycles. The van der Waals surface area contributed by atoms with Gasteiger partial charge in [-0.05, 0) is 24.6 Å². The zero-order valence-corrected chi connectivity index (χ0v) is 10.5. The van der Waals surface area contributed by atoms with Crippen molar-refractivity contribution < 1.29 is 0 Å². The van der Waals surface area contributed by atoms with Gasteiger partial charge in [-0.15, -0.1) is 24.8 Å². The van der Waals surface area contributed by atoms with Crippen LogP contribution in [-0.4, -0.2) is 9.55 Å². The average molecular weight is 260 g/mol. The van der Waals surface area contributed by atoms with Crippen LogP contribution in [0.2, 0.25) is 0 Å². The Morgan fingerprint density at radius 2 is 1.81 bits per heavy atom. The van der Waals surface area contributed by atoms with Crippen LogP contribution in [0.5, 0.6) is 0 Å². The molecule has 0 aliphatic heterocycles. The number of halogens is 2. The van der Waals surface area contributed by atoms with Gasteiger partial charge in [0.05, 0.1) is 6.33 Å². The number of hydrogen-bond donors (Lipinski definition) is 1. The standard InChI is InChI=1S/C11H13N3.2ClH/c1-9(12)10-2-4-11(5-3-10)14-7-6-13-8-14;;/h2-9H,12H2,1H3;2*1H/t9-;;/m0../s1. The van der Waals surface area contributed by atoms with Gasteiger partial charge in [-0.2, -0.15) is 0 Å². The Morgan fingerprint density at radius 3 is 2.25 bits per heavy atom. The number of imidazole rings is 1. The van der Waals surface area contributed by atoms with Crippen molar-refractivity contribution >= 4 is 24.8 Å². The molecule has 5 heteroatoms. The third-order valence-corrected chi connectivity index (χ3v) is 2.22. The Bertz CT molecular complexity index is 396. The molecule has 0 fully saturated rings. The first-order valence-electron chi connectivity index (χ1n) is 4.61. The lowest BCUT2D eigenvalue weighted by atomic mass is 10.1. The number of nitrogens with zero attached hydrogens (tertiary/aromatic N) is 2. The molecule has 16 heavy (non-hydrogen) atoms. The molecule has 1 atom stereocenters. The summed E-state index contributed by atoms with van der Waals surface area (Å²) in [5, 5.41) is 0. The molecule has 1 heterocycles. The maximum Gasteiger partial charge on any atom is 0.0991 e. The molecule has 0 aliphatic rings. The van der Waals surface area contributed by atoms with Crippen LogP contribution in [0, 0.1) is 0 Å². The van der Waals surface area contributed by atoms with Crippen LogP contribution >= 0.6 is 24.8 Å². The molecule has 0 amide bonds. The first-order valence-corrected chi connectivity index (χ1v) is 4.61. The summed E-state index contributed by atoms with van der Waals surface area (Å²) < 4.78 is 1.96. The van der Waals surface area contributed by atoms with E-state index < -0.39 is 0 Å². The SMILES string of the molecule is C[C@H](N)c1ccc(-n2ccnc2)cc1.Cl.Cl. The smallest absolute Gasteiger partial charge is 0.0991 e. The summed E-state index contributed by atoms with van der Waals surface area (Å²) in [6.07, 6.45) is 5.46. The first kappa shape index (κ1) is 15.0. The minimum atomic E-state index is 0. The van der Waals surface area contributed by atoms with Gasteiger partial charge in [0.25, 0.3) is 0 Å². The van der Waals surface area contributed by atoms with E-state index in [4.69, 9.17) is 5.73 Å². The van der Waals surface area contributed by atoms with Crippen molar-refractivity contribution in [2.24, 2.45) is 5.73 Å². The minimum Gasteiger partial charge on any atom is -0.324 e. The number of hydrogen-bond acceptors (Lipinski definition) is 2. The fraction of sp³-hybridized carbons (Fsp3) is 0.182. The van der Waals surface area contributed by atoms with Gasteiger partial charge in [0.1, 0.15) is 0 Å². The summed E-state index contributed by atoms with van der Waals surface area (Å²) >= 11 is 0. The molecule has 88 valence electrons. The monoisotopic (exact) mass is 259 g/mol. The van der Waals surface area contributed by atoms with Crippen LogP contribution in [-0.2, 0) is 0 Å². The maximum atomic E-state index is 5.76. The van der Waals surface area contributed by atoms with E-state index in [2.05, 4.69) is 4.98 Å². The van der Waals surface area contributed by atoms with Crippen molar-refractivity contribution in [1.29, 1.82) is 0 Å². The van der Waals surface area contributed by atoms with E-state index in [1.807, 2.05) is 42.0 Å². The lowest BCUT2D eigenvalue weighted by molar-refractivity contribution is 0.817. The Kier molecular flexibility index (Phi) is 6.11. The van der Waals surface area contributed by atoms with Crippen LogP contribution in [0.25, 0.3) is 5.69 Å². The molecule has 2 aromatic rings. The summed E-state index contributed by atoms with van der Waals surface area (Å²) in [5.74, 6) is 0. The van der Waals surface area contributed by atoms with E-state index >= 15 is 0 Å². The van der Waals surface area contributed by atoms with Gasteiger partial charge in [0, 0.05) is 24.1 Å². The Balaban J connectivity index is 0.00000112. The third-order valence-electron chi connectivity index (χ3n) is 2.22. The van der Waals surface area contributed by atoms with Gasteiger partial charge in [-0.25, -0.2) is 4.98 Å². The summed E-state index contributed by atoms with van der Waals surface area (Å²) in [4.78, 5) is 3.99. The molecule has 0 bridgehead atoms. The van der Waals surface area contributed by atoms with E-state index in [0.717, 1.165) is 11.3 Å². The summed E-state index contributed by atoms with van der Waals surface area (Å²) in [5.41, 5.74) is 8.01. The number of nitrogens with two attached hydrogens (primary N) is 1. The second kappa shape index (κ2) is 6.53. The molecule has 3 nitrogen and oxygen atoms in total. The zero-order chi connectivity index (χ0) is 9.97. The van der Waals surface area contributed by atoms with Crippen molar-refractivity contribution in [1.82, 2.24) is 9.55 Å². The van der Waals surface area contributed by atoms with Gasteiger partial charge in [0.2, 0.25) is 0 Å². The highest BCUT2D eigenvalue weighted by molar-refractivity contribution is 5.85. The second-order valence-corrected chi connectivity index (χ2v) is 3.35. The molecule has 0 unspecified atom stereocenters. The van der Waals surface area contributed by atoms with Gasteiger partial charge >= 0.3 is 0 Å². The van der Waals surface area contributed by atoms with E-state index in [1.54, 1.807) is 12.5 Å². The summed E-state index contributed by atoms with van der Waals surface area (Å²) in [7, 11) is 0. The highest BCUT2D eigenvalue weighted by Crippen LogP contribution is 2.13. The zero-order valence-electron chi connectivity index (χ0n) is 8.91. The lowest BCUT2D eigenvalue weighted by Crippen LogP contribution is -2.04. The van der Waals surface area contributed by atoms with Crippen LogP contribution in [0.1, 0.15) is 18.5 Å². The number of aromatic nitrogens is 2. The molecular weight excluding hydrogens is 245 g/mol. The quantitative estimate of drug-likeness (QED) is 0.902. The predicted octanol–water partition coefficient (Wildman–Crippen LogP) is 2.74. The third kappa shape index (κ3) is 3.23. The van der Waals surface area contributed by atoms with Gasteiger partial charge in [-0.3, -0.25) is 0 Å². The van der Waals surface area contributed by atoms with Gasteiger partial charge in [-0.1, -0.05) is 12.1 Å². The van der Waals surface area contributed by atoms with Crippen molar-refractivity contribution in [2.45, 2.75) is 13.0 Å². The highest BCUT2D eigenvalue weighted by Gasteiger charge is 1.99. The van der Waals surface area contributed by atoms with Gasteiger partial charge < -0.3 is 10.3 Å². The maximum absolute atomic E-state index is 5.76. The second-order valence-electron chi connectivity index (χ2n) is 3.35. The molecule has 0 saturated carbocycles. The Labute approximate surface area is 108 Å². The predicted molar refractivity (Wildman–Crippen MR) is 70.7 cm³/mol. The largest absolute Gasteiger partial charge is 0.324 e. The van der Waals surface area contributed by atoms with E-state index in [9.17, 15) is 0 Å². The Morgan fingerprint density at radius 1 is 1.19 bits per heavy atom. The summed E-state index contributed by atoms with van der Waals surface area (Å²) in [6.45, 7) is 1.98. The fourth-order valence-corrected chi connectivity index (χ4v) is 1.36. The number of benzene rings is 1. The normalized spacial score (nSPS) is 11.1. The van der Waals surface area contributed by atoms with Gasteiger partial charge in [0.15, 0.2) is 0 Å². The molecule has 2 rings (SSSR count). The molecule has 2 N–H and O–H groups in total. The average Bonchev–Trinajstić information content (AvgIpc) is 2.71. The number of rotatable bonds is 2. The van der Waals surface area contributed by atoms with Crippen LogP contribution in [0.15, 0.2) is 43.0 Å². The highest BCUT2D eigenvalue weighted by atomic mass is 35.5. The molecule has 0 radical (unpaired) electrons. The molecule has 1 aromatic carbocycles. The lowest BCUT2D eigenvalue weighted by Gasteiger charge is -2.07. The summed E-state index contributed by atoms with van der Waals surface area (Å²) in [6, 6.07) is 8.26. The van der Waals surface area contributed by atoms with Crippen molar-refractivity contribution in [3.8, 4) is 5.69 Å². The van der Waals surface area contributed by atoms with Crippen molar-refractivity contribution in [3.63, 3.8) is 0 Å². The molecular formula is C11H15Cl2N3. The van der Waals surface area contributed by atoms with Crippen LogP contribution in [0.3, 0.4) is 0 Å².